The number of nitrogens with one attached hydrogen (secondary N) is 2. The third-order valence-electron chi connectivity index (χ3n) is 4.19. The van der Waals surface area contributed by atoms with Crippen LogP contribution < -0.4 is 10.0 Å². The second-order valence-corrected chi connectivity index (χ2v) is 8.96. The van der Waals surface area contributed by atoms with Gasteiger partial charge in [0.2, 0.25) is 15.9 Å². The van der Waals surface area contributed by atoms with E-state index in [1.807, 2.05) is 6.07 Å². The van der Waals surface area contributed by atoms with Crippen LogP contribution >= 0.6 is 23.2 Å². The molecule has 9 heteroatoms. The summed E-state index contributed by atoms with van der Waals surface area (Å²) in [6.07, 6.45) is 0.0886. The van der Waals surface area contributed by atoms with Crippen molar-refractivity contribution in [3.8, 4) is 0 Å². The standard InChI is InChI=1S/C21H17Cl2FN2O3S/c22-15-6-11-18(23)20(13-15)30(28,29)26-19(12-14-4-2-1-3-5-14)21(27)25-17-9-7-16(24)8-10-17/h1-11,13,19,26H,12H2,(H,25,27)/t19-/m1/s1. The van der Waals surface area contributed by atoms with Crippen LogP contribution in [0, 0.1) is 5.82 Å². The molecule has 0 radical (unpaired) electrons. The highest BCUT2D eigenvalue weighted by Crippen LogP contribution is 2.25. The number of hydrogen-bond donors (Lipinski definition) is 2. The molecule has 0 aliphatic rings. The fourth-order valence-corrected chi connectivity index (χ4v) is 4.69. The number of benzene rings is 3. The number of halogens is 3. The Morgan fingerprint density at radius 2 is 1.63 bits per heavy atom. The molecule has 3 aromatic carbocycles. The van der Waals surface area contributed by atoms with Crippen molar-refractivity contribution in [2.45, 2.75) is 17.4 Å². The number of sulfonamides is 1. The number of carbonyl (C=O) groups is 1. The smallest absolute Gasteiger partial charge is 0.242 e. The molecule has 0 aliphatic carbocycles. The molecule has 2 N–H and O–H groups in total. The maximum Gasteiger partial charge on any atom is 0.242 e. The molecule has 3 rings (SSSR count). The first-order chi connectivity index (χ1) is 14.2. The lowest BCUT2D eigenvalue weighted by molar-refractivity contribution is -0.117. The predicted molar refractivity (Wildman–Crippen MR) is 116 cm³/mol. The molecule has 0 saturated carbocycles. The summed E-state index contributed by atoms with van der Waals surface area (Å²) in [5.74, 6) is -1.06. The molecule has 0 bridgehead atoms. The van der Waals surface area contributed by atoms with Crippen molar-refractivity contribution in [3.63, 3.8) is 0 Å². The Morgan fingerprint density at radius 3 is 2.30 bits per heavy atom. The van der Waals surface area contributed by atoms with Gasteiger partial charge in [-0.05, 0) is 54.4 Å². The van der Waals surface area contributed by atoms with E-state index in [2.05, 4.69) is 10.0 Å². The van der Waals surface area contributed by atoms with E-state index in [0.717, 1.165) is 5.56 Å². The highest BCUT2D eigenvalue weighted by atomic mass is 35.5. The summed E-state index contributed by atoms with van der Waals surface area (Å²) in [7, 11) is -4.16. The lowest BCUT2D eigenvalue weighted by atomic mass is 10.1. The van der Waals surface area contributed by atoms with E-state index in [0.29, 0.717) is 5.69 Å². The molecule has 0 aromatic heterocycles. The van der Waals surface area contributed by atoms with Crippen LogP contribution in [0.2, 0.25) is 10.0 Å². The van der Waals surface area contributed by atoms with Gasteiger partial charge in [-0.3, -0.25) is 4.79 Å². The van der Waals surface area contributed by atoms with Crippen molar-refractivity contribution in [3.05, 3.63) is 94.2 Å². The molecule has 0 saturated heterocycles. The minimum atomic E-state index is -4.16. The average Bonchev–Trinajstić information content (AvgIpc) is 2.71. The summed E-state index contributed by atoms with van der Waals surface area (Å²) in [4.78, 5) is 12.6. The third-order valence-corrected chi connectivity index (χ3v) is 6.38. The first-order valence-electron chi connectivity index (χ1n) is 8.82. The molecule has 1 atom stereocenters. The van der Waals surface area contributed by atoms with Gasteiger partial charge in [-0.15, -0.1) is 0 Å². The van der Waals surface area contributed by atoms with E-state index in [9.17, 15) is 17.6 Å². The zero-order chi connectivity index (χ0) is 21.7. The first kappa shape index (κ1) is 22.2. The van der Waals surface area contributed by atoms with Gasteiger partial charge in [0.05, 0.1) is 5.02 Å². The van der Waals surface area contributed by atoms with Crippen LogP contribution in [0.15, 0.2) is 77.7 Å². The van der Waals surface area contributed by atoms with Gasteiger partial charge in [-0.25, -0.2) is 12.8 Å². The van der Waals surface area contributed by atoms with E-state index in [1.54, 1.807) is 24.3 Å². The molecule has 1 amide bonds. The van der Waals surface area contributed by atoms with E-state index in [1.165, 1.54) is 42.5 Å². The number of amides is 1. The molecule has 0 unspecified atom stereocenters. The highest BCUT2D eigenvalue weighted by Gasteiger charge is 2.28. The molecule has 0 aliphatic heterocycles. The Labute approximate surface area is 183 Å². The zero-order valence-electron chi connectivity index (χ0n) is 15.5. The van der Waals surface area contributed by atoms with Crippen LogP contribution in [0.1, 0.15) is 5.56 Å². The molecule has 0 spiro atoms. The van der Waals surface area contributed by atoms with Crippen molar-refractivity contribution in [2.24, 2.45) is 0 Å². The number of rotatable bonds is 7. The first-order valence-corrected chi connectivity index (χ1v) is 11.1. The summed E-state index contributed by atoms with van der Waals surface area (Å²) in [6.45, 7) is 0. The van der Waals surface area contributed by atoms with Crippen LogP contribution in [0.25, 0.3) is 0 Å². The average molecular weight is 467 g/mol. The van der Waals surface area contributed by atoms with Gasteiger partial charge in [-0.2, -0.15) is 4.72 Å². The zero-order valence-corrected chi connectivity index (χ0v) is 17.8. The van der Waals surface area contributed by atoms with Crippen molar-refractivity contribution in [2.75, 3.05) is 5.32 Å². The number of anilines is 1. The van der Waals surface area contributed by atoms with Gasteiger partial charge in [0.1, 0.15) is 16.8 Å². The van der Waals surface area contributed by atoms with E-state index < -0.39 is 27.8 Å². The predicted octanol–water partition coefficient (Wildman–Crippen LogP) is 4.66. The molecule has 3 aromatic rings. The van der Waals surface area contributed by atoms with Crippen LogP contribution in [-0.2, 0) is 21.2 Å². The number of carbonyl (C=O) groups excluding carboxylic acids is 1. The van der Waals surface area contributed by atoms with Crippen molar-refractivity contribution < 1.29 is 17.6 Å². The van der Waals surface area contributed by atoms with Crippen LogP contribution in [-0.4, -0.2) is 20.4 Å². The van der Waals surface area contributed by atoms with Gasteiger partial charge >= 0.3 is 0 Å². The molecule has 5 nitrogen and oxygen atoms in total. The highest BCUT2D eigenvalue weighted by molar-refractivity contribution is 7.89. The van der Waals surface area contributed by atoms with E-state index >= 15 is 0 Å². The molecular formula is C21H17Cl2FN2O3S. The van der Waals surface area contributed by atoms with Gasteiger partial charge < -0.3 is 5.32 Å². The minimum absolute atomic E-state index is 0.0238. The molecule has 0 fully saturated rings. The Balaban J connectivity index is 1.89. The van der Waals surface area contributed by atoms with Crippen molar-refractivity contribution in [1.82, 2.24) is 4.72 Å². The van der Waals surface area contributed by atoms with E-state index in [-0.39, 0.29) is 21.4 Å². The van der Waals surface area contributed by atoms with Crippen LogP contribution in [0.4, 0.5) is 10.1 Å². The number of hydrogen-bond acceptors (Lipinski definition) is 3. The van der Waals surface area contributed by atoms with Gasteiger partial charge in [-0.1, -0.05) is 53.5 Å². The summed E-state index contributed by atoms with van der Waals surface area (Å²) in [5.41, 5.74) is 1.08. The second kappa shape index (κ2) is 9.57. The molecule has 156 valence electrons. The topological polar surface area (TPSA) is 75.3 Å². The third kappa shape index (κ3) is 5.79. The van der Waals surface area contributed by atoms with Crippen LogP contribution in [0.3, 0.4) is 0 Å². The van der Waals surface area contributed by atoms with Crippen molar-refractivity contribution >= 4 is 44.8 Å². The lowest BCUT2D eigenvalue weighted by Crippen LogP contribution is -2.45. The maximum absolute atomic E-state index is 13.1. The quantitative estimate of drug-likeness (QED) is 0.531. The summed E-state index contributed by atoms with van der Waals surface area (Å²) in [6, 6.07) is 17.0. The van der Waals surface area contributed by atoms with Gasteiger partial charge in [0, 0.05) is 10.7 Å². The summed E-state index contributed by atoms with van der Waals surface area (Å²) < 4.78 is 41.4. The van der Waals surface area contributed by atoms with E-state index in [4.69, 9.17) is 23.2 Å². The Hall–Kier alpha value is -2.45. The minimum Gasteiger partial charge on any atom is -0.325 e. The summed E-state index contributed by atoms with van der Waals surface area (Å²) in [5, 5.41) is 2.76. The van der Waals surface area contributed by atoms with Crippen LogP contribution in [0.5, 0.6) is 0 Å². The van der Waals surface area contributed by atoms with Gasteiger partial charge in [0.25, 0.3) is 0 Å². The monoisotopic (exact) mass is 466 g/mol. The fourth-order valence-electron chi connectivity index (χ4n) is 2.73. The molecular weight excluding hydrogens is 450 g/mol. The molecule has 0 heterocycles. The maximum atomic E-state index is 13.1. The Kier molecular flexibility index (Phi) is 7.10. The summed E-state index contributed by atoms with van der Waals surface area (Å²) >= 11 is 11.9. The fraction of sp³-hybridized carbons (Fsp3) is 0.0952. The lowest BCUT2D eigenvalue weighted by Gasteiger charge is -2.19. The Bertz CT molecular complexity index is 1140. The molecule has 30 heavy (non-hydrogen) atoms. The SMILES string of the molecule is O=C(Nc1ccc(F)cc1)[C@@H](Cc1ccccc1)NS(=O)(=O)c1cc(Cl)ccc1Cl. The van der Waals surface area contributed by atoms with Crippen molar-refractivity contribution in [1.29, 1.82) is 0 Å². The normalized spacial score (nSPS) is 12.4. The largest absolute Gasteiger partial charge is 0.325 e. The second-order valence-electron chi connectivity index (χ2n) is 6.43. The Morgan fingerprint density at radius 1 is 0.967 bits per heavy atom. The van der Waals surface area contributed by atoms with Gasteiger partial charge in [0.15, 0.2) is 0 Å².